The van der Waals surface area contributed by atoms with E-state index in [-0.39, 0.29) is 0 Å². The minimum atomic E-state index is 0.380. The Bertz CT molecular complexity index is 1100. The zero-order chi connectivity index (χ0) is 24.6. The van der Waals surface area contributed by atoms with E-state index in [9.17, 15) is 0 Å². The van der Waals surface area contributed by atoms with Crippen molar-refractivity contribution in [3.05, 3.63) is 107 Å². The molecule has 2 aromatic rings. The van der Waals surface area contributed by atoms with E-state index < -0.39 is 0 Å². The lowest BCUT2D eigenvalue weighted by molar-refractivity contribution is 0.666. The molecule has 2 aliphatic rings. The van der Waals surface area contributed by atoms with Crippen LogP contribution in [0.1, 0.15) is 106 Å². The van der Waals surface area contributed by atoms with Crippen LogP contribution in [0.4, 0.5) is 0 Å². The van der Waals surface area contributed by atoms with Crippen LogP contribution in [-0.4, -0.2) is 0 Å². The van der Waals surface area contributed by atoms with Crippen molar-refractivity contribution in [3.63, 3.8) is 0 Å². The van der Waals surface area contributed by atoms with Gasteiger partial charge in [0.1, 0.15) is 0 Å². The topological polar surface area (TPSA) is 0 Å². The number of rotatable bonds is 9. The van der Waals surface area contributed by atoms with Crippen LogP contribution in [0.2, 0.25) is 0 Å². The van der Waals surface area contributed by atoms with Crippen LogP contribution in [0, 0.1) is 11.8 Å². The first-order chi connectivity index (χ1) is 16.1. The van der Waals surface area contributed by atoms with E-state index in [2.05, 4.69) is 109 Å². The quantitative estimate of drug-likeness (QED) is 0.356. The summed E-state index contributed by atoms with van der Waals surface area (Å²) in [6.07, 6.45) is 8.75. The largest absolute Gasteiger partial charge is 0.0955 e. The molecule has 0 heteroatoms. The number of hydrogen-bond donors (Lipinski definition) is 0. The third kappa shape index (κ3) is 5.38. The van der Waals surface area contributed by atoms with Gasteiger partial charge in [0.25, 0.3) is 0 Å². The Morgan fingerprint density at radius 1 is 0.853 bits per heavy atom. The van der Waals surface area contributed by atoms with Crippen molar-refractivity contribution < 1.29 is 0 Å². The van der Waals surface area contributed by atoms with Crippen LogP contribution >= 0.6 is 0 Å². The Balaban J connectivity index is 1.58. The first-order valence-corrected chi connectivity index (χ1v) is 13.2. The molecule has 2 atom stereocenters. The minimum Gasteiger partial charge on any atom is -0.0955 e. The highest BCUT2D eigenvalue weighted by Gasteiger charge is 2.32. The molecule has 0 saturated heterocycles. The van der Waals surface area contributed by atoms with Crippen molar-refractivity contribution in [1.29, 1.82) is 0 Å². The van der Waals surface area contributed by atoms with Gasteiger partial charge in [-0.1, -0.05) is 114 Å². The van der Waals surface area contributed by atoms with Crippen LogP contribution in [0.3, 0.4) is 0 Å². The molecular weight excluding hydrogens is 408 g/mol. The molecule has 1 saturated carbocycles. The molecule has 0 aromatic heterocycles. The summed E-state index contributed by atoms with van der Waals surface area (Å²) in [7, 11) is 0. The van der Waals surface area contributed by atoms with Gasteiger partial charge in [0.05, 0.1) is 0 Å². The Morgan fingerprint density at radius 2 is 1.44 bits per heavy atom. The highest BCUT2D eigenvalue weighted by atomic mass is 14.4. The molecule has 0 aliphatic heterocycles. The van der Waals surface area contributed by atoms with E-state index in [1.807, 2.05) is 0 Å². The van der Waals surface area contributed by atoms with Crippen molar-refractivity contribution in [2.75, 3.05) is 0 Å². The Morgan fingerprint density at radius 3 is 1.94 bits per heavy atom. The van der Waals surface area contributed by atoms with E-state index in [1.54, 1.807) is 11.1 Å². The Labute approximate surface area is 208 Å². The minimum absolute atomic E-state index is 0.380. The van der Waals surface area contributed by atoms with Crippen molar-refractivity contribution in [3.8, 4) is 0 Å². The van der Waals surface area contributed by atoms with Crippen LogP contribution < -0.4 is 0 Å². The predicted molar refractivity (Wildman–Crippen MR) is 150 cm³/mol. The molecule has 0 amide bonds. The SMILES string of the molecule is C=C(C)c1ccc(C2C=C(C3CC3)C=C2[C@H](C)CC(=C)c2cc(C(C)C)cc(C(C)C)c2)cc1. The normalized spacial score (nSPS) is 18.8. The summed E-state index contributed by atoms with van der Waals surface area (Å²) in [5.41, 5.74) is 12.3. The summed E-state index contributed by atoms with van der Waals surface area (Å²) in [4.78, 5) is 0. The third-order valence-electron chi connectivity index (χ3n) is 7.70. The summed E-state index contributed by atoms with van der Waals surface area (Å²) in [6, 6.07) is 16.2. The number of benzene rings is 2. The van der Waals surface area contributed by atoms with Crippen molar-refractivity contribution in [1.82, 2.24) is 0 Å². The summed E-state index contributed by atoms with van der Waals surface area (Å²) in [5, 5.41) is 0. The first-order valence-electron chi connectivity index (χ1n) is 13.2. The lowest BCUT2D eigenvalue weighted by atomic mass is 9.81. The summed E-state index contributed by atoms with van der Waals surface area (Å²) in [5.74, 6) is 2.66. The van der Waals surface area contributed by atoms with Crippen LogP contribution in [0.15, 0.2) is 78.9 Å². The molecular formula is C34H42. The molecule has 34 heavy (non-hydrogen) atoms. The van der Waals surface area contributed by atoms with Crippen LogP contribution in [-0.2, 0) is 0 Å². The molecule has 4 rings (SSSR count). The Kier molecular flexibility index (Phi) is 7.17. The smallest absolute Gasteiger partial charge is 0.0240 e. The molecule has 1 unspecified atom stereocenters. The van der Waals surface area contributed by atoms with Gasteiger partial charge in [-0.3, -0.25) is 0 Å². The zero-order valence-corrected chi connectivity index (χ0v) is 22.1. The van der Waals surface area contributed by atoms with Crippen molar-refractivity contribution in [2.45, 2.75) is 78.6 Å². The monoisotopic (exact) mass is 450 g/mol. The second-order valence-electron chi connectivity index (χ2n) is 11.4. The highest BCUT2D eigenvalue weighted by Crippen LogP contribution is 2.47. The summed E-state index contributed by atoms with van der Waals surface area (Å²) in [6.45, 7) is 22.3. The maximum Gasteiger partial charge on any atom is 0.0240 e. The predicted octanol–water partition coefficient (Wildman–Crippen LogP) is 10.1. The van der Waals surface area contributed by atoms with Gasteiger partial charge in [-0.25, -0.2) is 0 Å². The van der Waals surface area contributed by atoms with E-state index in [4.69, 9.17) is 0 Å². The second kappa shape index (κ2) is 9.95. The van der Waals surface area contributed by atoms with Gasteiger partial charge in [-0.2, -0.15) is 0 Å². The van der Waals surface area contributed by atoms with E-state index in [1.165, 1.54) is 46.2 Å². The zero-order valence-electron chi connectivity index (χ0n) is 22.1. The van der Waals surface area contributed by atoms with Crippen molar-refractivity contribution >= 4 is 11.1 Å². The van der Waals surface area contributed by atoms with Gasteiger partial charge in [0, 0.05) is 5.92 Å². The van der Waals surface area contributed by atoms with E-state index in [0.29, 0.717) is 23.7 Å². The molecule has 178 valence electrons. The average molecular weight is 451 g/mol. The molecule has 0 N–H and O–H groups in total. The Hall–Kier alpha value is -2.60. The lowest BCUT2D eigenvalue weighted by Gasteiger charge is -2.23. The van der Waals surface area contributed by atoms with Crippen molar-refractivity contribution in [2.24, 2.45) is 11.8 Å². The van der Waals surface area contributed by atoms with Gasteiger partial charge >= 0.3 is 0 Å². The van der Waals surface area contributed by atoms with Gasteiger partial charge in [-0.15, -0.1) is 0 Å². The lowest BCUT2D eigenvalue weighted by Crippen LogP contribution is -2.07. The molecule has 2 aliphatic carbocycles. The van der Waals surface area contributed by atoms with E-state index >= 15 is 0 Å². The number of hydrogen-bond acceptors (Lipinski definition) is 0. The number of allylic oxidation sites excluding steroid dienone is 6. The standard InChI is InChI=1S/C34H42/c1-21(2)26-9-13-28(14-10-26)34-20-32(27-11-12-27)19-33(34)25(8)15-24(7)31-17-29(22(3)4)16-30(18-31)23(5)6/h9-10,13-14,16-20,22-23,25,27,34H,1,7,11-12,15H2,2-6,8H3/t25-,34?/m1/s1. The fourth-order valence-corrected chi connectivity index (χ4v) is 5.15. The third-order valence-corrected chi connectivity index (χ3v) is 7.70. The van der Waals surface area contributed by atoms with Crippen LogP contribution in [0.5, 0.6) is 0 Å². The maximum absolute atomic E-state index is 4.58. The molecule has 0 radical (unpaired) electrons. The molecule has 0 bridgehead atoms. The first kappa shape index (κ1) is 24.5. The summed E-state index contributed by atoms with van der Waals surface area (Å²) < 4.78 is 0. The van der Waals surface area contributed by atoms with Crippen LogP contribution in [0.25, 0.3) is 11.1 Å². The fourth-order valence-electron chi connectivity index (χ4n) is 5.15. The molecule has 1 fully saturated rings. The molecule has 0 heterocycles. The fraction of sp³-hybridized carbons (Fsp3) is 0.412. The summed E-state index contributed by atoms with van der Waals surface area (Å²) >= 11 is 0. The van der Waals surface area contributed by atoms with Gasteiger partial charge in [0.2, 0.25) is 0 Å². The molecule has 0 nitrogen and oxygen atoms in total. The average Bonchev–Trinajstić information content (AvgIpc) is 3.56. The van der Waals surface area contributed by atoms with Gasteiger partial charge in [-0.05, 0) is 88.8 Å². The second-order valence-corrected chi connectivity index (χ2v) is 11.4. The molecule has 0 spiro atoms. The highest BCUT2D eigenvalue weighted by molar-refractivity contribution is 5.66. The maximum atomic E-state index is 4.58. The molecule has 2 aromatic carbocycles. The van der Waals surface area contributed by atoms with Gasteiger partial charge < -0.3 is 0 Å². The van der Waals surface area contributed by atoms with E-state index in [0.717, 1.165) is 17.9 Å². The van der Waals surface area contributed by atoms with Gasteiger partial charge in [0.15, 0.2) is 0 Å².